The molecule has 0 aliphatic heterocycles. The Labute approximate surface area is 157 Å². The molecular weight excluding hydrogens is 334 g/mol. The third kappa shape index (κ3) is 16.1. The van der Waals surface area contributed by atoms with Crippen LogP contribution in [0.3, 0.4) is 0 Å². The third-order valence-corrected chi connectivity index (χ3v) is 4.42. The summed E-state index contributed by atoms with van der Waals surface area (Å²) in [6.07, 6.45) is 15.5. The number of unbranched alkanes of at least 4 members (excludes halogenated alkanes) is 12. The van der Waals surface area contributed by atoms with E-state index in [-0.39, 0.29) is 6.42 Å². The molecule has 0 aliphatic rings. The van der Waals surface area contributed by atoms with Gasteiger partial charge in [-0.3, -0.25) is 14.4 Å². The zero-order valence-corrected chi connectivity index (χ0v) is 16.3. The van der Waals surface area contributed by atoms with Crippen molar-refractivity contribution in [2.45, 2.75) is 109 Å². The van der Waals surface area contributed by atoms with Crippen molar-refractivity contribution in [1.82, 2.24) is 0 Å². The van der Waals surface area contributed by atoms with Gasteiger partial charge in [0.2, 0.25) is 0 Å². The van der Waals surface area contributed by atoms with Gasteiger partial charge in [-0.15, -0.1) is 0 Å². The van der Waals surface area contributed by atoms with Crippen molar-refractivity contribution in [2.24, 2.45) is 5.73 Å². The number of carboxylic acids is 1. The quantitative estimate of drug-likeness (QED) is 0.224. The summed E-state index contributed by atoms with van der Waals surface area (Å²) < 4.78 is 4.56. The molecule has 0 radical (unpaired) electrons. The van der Waals surface area contributed by atoms with Crippen LogP contribution < -0.4 is 5.73 Å². The average molecular weight is 372 g/mol. The maximum Gasteiger partial charge on any atom is 0.321 e. The van der Waals surface area contributed by atoms with E-state index in [9.17, 15) is 14.4 Å². The fourth-order valence-electron chi connectivity index (χ4n) is 2.77. The predicted molar refractivity (Wildman–Crippen MR) is 102 cm³/mol. The van der Waals surface area contributed by atoms with E-state index in [1.54, 1.807) is 0 Å². The first-order valence-electron chi connectivity index (χ1n) is 10.2. The molecule has 1 atom stereocenters. The molecule has 6 nitrogen and oxygen atoms in total. The van der Waals surface area contributed by atoms with Gasteiger partial charge >= 0.3 is 17.9 Å². The first kappa shape index (κ1) is 24.6. The zero-order valence-electron chi connectivity index (χ0n) is 16.3. The molecule has 3 N–H and O–H groups in total. The van der Waals surface area contributed by atoms with E-state index < -0.39 is 30.4 Å². The van der Waals surface area contributed by atoms with Gasteiger partial charge in [0.25, 0.3) is 0 Å². The van der Waals surface area contributed by atoms with Crippen molar-refractivity contribution >= 4 is 17.9 Å². The molecule has 0 aliphatic carbocycles. The predicted octanol–water partition coefficient (Wildman–Crippen LogP) is 4.34. The molecular formula is C20H37NO5. The number of carbonyl (C=O) groups excluding carboxylic acids is 2. The third-order valence-electron chi connectivity index (χ3n) is 4.42. The summed E-state index contributed by atoms with van der Waals surface area (Å²) in [5, 5.41) is 8.58. The van der Waals surface area contributed by atoms with Gasteiger partial charge in [0.05, 0.1) is 6.42 Å². The van der Waals surface area contributed by atoms with Gasteiger partial charge in [-0.05, 0) is 6.42 Å². The summed E-state index contributed by atoms with van der Waals surface area (Å²) in [6.45, 7) is 2.24. The number of hydrogen-bond acceptors (Lipinski definition) is 5. The summed E-state index contributed by atoms with van der Waals surface area (Å²) in [5.74, 6) is -2.76. The van der Waals surface area contributed by atoms with Crippen molar-refractivity contribution in [3.05, 3.63) is 0 Å². The normalized spacial score (nSPS) is 11.9. The van der Waals surface area contributed by atoms with Gasteiger partial charge in [0, 0.05) is 6.42 Å². The van der Waals surface area contributed by atoms with E-state index >= 15 is 0 Å². The van der Waals surface area contributed by atoms with Crippen LogP contribution in [-0.4, -0.2) is 29.1 Å². The molecule has 0 bridgehead atoms. The van der Waals surface area contributed by atoms with Gasteiger partial charge in [0.15, 0.2) is 0 Å². The number of ether oxygens (including phenoxy) is 1. The lowest BCUT2D eigenvalue weighted by molar-refractivity contribution is -0.161. The Morgan fingerprint density at radius 1 is 0.769 bits per heavy atom. The lowest BCUT2D eigenvalue weighted by Gasteiger charge is -2.06. The number of nitrogens with two attached hydrogens (primary N) is 1. The Morgan fingerprint density at radius 2 is 1.19 bits per heavy atom. The molecule has 0 rings (SSSR count). The van der Waals surface area contributed by atoms with Crippen LogP contribution in [0.15, 0.2) is 0 Å². The molecule has 6 heteroatoms. The molecule has 0 aromatic rings. The fraction of sp³-hybridized carbons (Fsp3) is 0.850. The standard InChI is InChI=1S/C20H37NO5/c1-2-3-4-5-6-7-8-9-10-11-12-13-14-15-18(22)26-19(23)16-17(21)20(24)25/h17H,2-16,21H2,1H3,(H,24,25)/t17-/m0/s1. The minimum absolute atomic E-state index is 0.186. The van der Waals surface area contributed by atoms with E-state index in [0.29, 0.717) is 6.42 Å². The zero-order chi connectivity index (χ0) is 19.6. The summed E-state index contributed by atoms with van der Waals surface area (Å²) in [6, 6.07) is -1.33. The molecule has 0 saturated carbocycles. The summed E-state index contributed by atoms with van der Waals surface area (Å²) in [5.41, 5.74) is 5.21. The Bertz CT molecular complexity index is 398. The second kappa shape index (κ2) is 17.0. The van der Waals surface area contributed by atoms with Gasteiger partial charge in [0.1, 0.15) is 6.04 Å². The van der Waals surface area contributed by atoms with Crippen LogP contribution >= 0.6 is 0 Å². The molecule has 0 saturated heterocycles. The number of aliphatic carboxylic acids is 1. The molecule has 0 spiro atoms. The highest BCUT2D eigenvalue weighted by Gasteiger charge is 2.19. The van der Waals surface area contributed by atoms with Gasteiger partial charge in [-0.25, -0.2) is 0 Å². The first-order chi connectivity index (χ1) is 12.5. The fourth-order valence-corrected chi connectivity index (χ4v) is 2.77. The van der Waals surface area contributed by atoms with Crippen molar-refractivity contribution in [2.75, 3.05) is 0 Å². The van der Waals surface area contributed by atoms with E-state index in [4.69, 9.17) is 10.8 Å². The molecule has 0 fully saturated rings. The number of carboxylic acid groups (broad SMARTS) is 1. The summed E-state index contributed by atoms with van der Waals surface area (Å²) in [7, 11) is 0. The van der Waals surface area contributed by atoms with Crippen LogP contribution in [-0.2, 0) is 19.1 Å². The molecule has 26 heavy (non-hydrogen) atoms. The van der Waals surface area contributed by atoms with E-state index in [0.717, 1.165) is 12.8 Å². The number of hydrogen-bond donors (Lipinski definition) is 2. The molecule has 0 heterocycles. The first-order valence-corrected chi connectivity index (χ1v) is 10.2. The average Bonchev–Trinajstić information content (AvgIpc) is 2.58. The highest BCUT2D eigenvalue weighted by molar-refractivity contribution is 5.88. The van der Waals surface area contributed by atoms with Crippen molar-refractivity contribution in [3.8, 4) is 0 Å². The van der Waals surface area contributed by atoms with Crippen molar-refractivity contribution < 1.29 is 24.2 Å². The summed E-state index contributed by atoms with van der Waals surface area (Å²) in [4.78, 5) is 33.3. The lowest BCUT2D eigenvalue weighted by atomic mass is 10.0. The van der Waals surface area contributed by atoms with Crippen LogP contribution in [0, 0.1) is 0 Å². The van der Waals surface area contributed by atoms with Crippen LogP contribution in [0.4, 0.5) is 0 Å². The Kier molecular flexibility index (Phi) is 16.1. The minimum atomic E-state index is -1.33. The summed E-state index contributed by atoms with van der Waals surface area (Å²) >= 11 is 0. The Balaban J connectivity index is 3.38. The van der Waals surface area contributed by atoms with Crippen LogP contribution in [0.25, 0.3) is 0 Å². The number of carbonyl (C=O) groups is 3. The maximum atomic E-state index is 11.5. The SMILES string of the molecule is CCCCCCCCCCCCCCCC(=O)OC(=O)C[C@H](N)C(=O)O. The highest BCUT2D eigenvalue weighted by atomic mass is 16.6. The van der Waals surface area contributed by atoms with Gasteiger partial charge in [-0.1, -0.05) is 84.0 Å². The Morgan fingerprint density at radius 3 is 1.62 bits per heavy atom. The molecule has 152 valence electrons. The molecule has 0 aromatic carbocycles. The molecule has 0 unspecified atom stereocenters. The van der Waals surface area contributed by atoms with Gasteiger partial charge in [-0.2, -0.15) is 0 Å². The molecule has 0 amide bonds. The lowest BCUT2D eigenvalue weighted by Crippen LogP contribution is -2.33. The number of esters is 2. The second-order valence-corrected chi connectivity index (χ2v) is 6.99. The highest BCUT2D eigenvalue weighted by Crippen LogP contribution is 2.13. The van der Waals surface area contributed by atoms with Crippen LogP contribution in [0.2, 0.25) is 0 Å². The van der Waals surface area contributed by atoms with Gasteiger partial charge < -0.3 is 15.6 Å². The van der Waals surface area contributed by atoms with Crippen molar-refractivity contribution in [1.29, 1.82) is 0 Å². The van der Waals surface area contributed by atoms with Crippen molar-refractivity contribution in [3.63, 3.8) is 0 Å². The Hall–Kier alpha value is -1.43. The number of rotatable bonds is 17. The van der Waals surface area contributed by atoms with E-state index in [1.165, 1.54) is 64.2 Å². The second-order valence-electron chi connectivity index (χ2n) is 6.99. The minimum Gasteiger partial charge on any atom is -0.480 e. The maximum absolute atomic E-state index is 11.5. The van der Waals surface area contributed by atoms with Crippen LogP contribution in [0.1, 0.15) is 103 Å². The topological polar surface area (TPSA) is 107 Å². The molecule has 0 aromatic heterocycles. The smallest absolute Gasteiger partial charge is 0.321 e. The van der Waals surface area contributed by atoms with Crippen LogP contribution in [0.5, 0.6) is 0 Å². The largest absolute Gasteiger partial charge is 0.480 e. The monoisotopic (exact) mass is 371 g/mol. The van der Waals surface area contributed by atoms with E-state index in [1.807, 2.05) is 0 Å². The van der Waals surface area contributed by atoms with E-state index in [2.05, 4.69) is 11.7 Å².